The molecule has 0 aliphatic carbocycles. The lowest BCUT2D eigenvalue weighted by Crippen LogP contribution is -2.01. The summed E-state index contributed by atoms with van der Waals surface area (Å²) in [6, 6.07) is 5.18. The maximum absolute atomic E-state index is 5.86. The Labute approximate surface area is 110 Å². The number of aromatic nitrogens is 2. The Morgan fingerprint density at radius 2 is 2.28 bits per heavy atom. The average Bonchev–Trinajstić information content (AvgIpc) is 2.84. The number of halogens is 1. The van der Waals surface area contributed by atoms with Crippen molar-refractivity contribution in [2.24, 2.45) is 0 Å². The Balaban J connectivity index is 2.31. The van der Waals surface area contributed by atoms with Crippen molar-refractivity contribution < 1.29 is 9.26 Å². The van der Waals surface area contributed by atoms with E-state index < -0.39 is 0 Å². The van der Waals surface area contributed by atoms with Crippen molar-refractivity contribution >= 4 is 17.3 Å². The molecule has 1 aromatic carbocycles. The third kappa shape index (κ3) is 2.47. The largest absolute Gasteiger partial charge is 0.398 e. The Kier molecular flexibility index (Phi) is 3.84. The minimum Gasteiger partial charge on any atom is -0.398 e. The molecule has 0 radical (unpaired) electrons. The van der Waals surface area contributed by atoms with E-state index in [-0.39, 0.29) is 6.10 Å². The van der Waals surface area contributed by atoms with Gasteiger partial charge in [0.1, 0.15) is 6.10 Å². The van der Waals surface area contributed by atoms with Crippen molar-refractivity contribution in [3.05, 3.63) is 29.0 Å². The van der Waals surface area contributed by atoms with Crippen LogP contribution in [0.5, 0.6) is 0 Å². The zero-order valence-corrected chi connectivity index (χ0v) is 10.9. The van der Waals surface area contributed by atoms with Gasteiger partial charge in [-0.15, -0.1) is 0 Å². The summed E-state index contributed by atoms with van der Waals surface area (Å²) in [7, 11) is 1.62. The molecule has 0 fully saturated rings. The van der Waals surface area contributed by atoms with E-state index in [1.54, 1.807) is 25.3 Å². The Morgan fingerprint density at radius 3 is 2.89 bits per heavy atom. The molecule has 96 valence electrons. The maximum atomic E-state index is 5.86. The summed E-state index contributed by atoms with van der Waals surface area (Å²) in [5.41, 5.74) is 6.95. The number of ether oxygens (including phenoxy) is 1. The molecule has 6 heteroatoms. The number of nitrogen functional groups attached to an aromatic ring is 1. The van der Waals surface area contributed by atoms with Crippen LogP contribution in [0.25, 0.3) is 11.5 Å². The lowest BCUT2D eigenvalue weighted by Gasteiger charge is -2.06. The predicted molar refractivity (Wildman–Crippen MR) is 69.2 cm³/mol. The van der Waals surface area contributed by atoms with E-state index in [2.05, 4.69) is 10.1 Å². The van der Waals surface area contributed by atoms with E-state index in [0.29, 0.717) is 22.4 Å². The number of benzene rings is 1. The minimum atomic E-state index is -0.160. The van der Waals surface area contributed by atoms with E-state index in [4.69, 9.17) is 26.6 Å². The summed E-state index contributed by atoms with van der Waals surface area (Å²) in [6.45, 7) is 1.99. The minimum absolute atomic E-state index is 0.160. The van der Waals surface area contributed by atoms with Gasteiger partial charge in [0.05, 0.1) is 10.7 Å². The second kappa shape index (κ2) is 5.37. The number of methoxy groups -OCH3 is 1. The van der Waals surface area contributed by atoms with Gasteiger partial charge < -0.3 is 15.0 Å². The van der Waals surface area contributed by atoms with E-state index in [1.165, 1.54) is 0 Å². The molecule has 0 aliphatic heterocycles. The molecule has 2 N–H and O–H groups in total. The molecular formula is C12H14ClN3O2. The van der Waals surface area contributed by atoms with Gasteiger partial charge in [-0.05, 0) is 24.6 Å². The van der Waals surface area contributed by atoms with Gasteiger partial charge in [0.2, 0.25) is 5.82 Å². The molecule has 0 saturated carbocycles. The second-order valence-corrected chi connectivity index (χ2v) is 4.23. The van der Waals surface area contributed by atoms with Gasteiger partial charge in [0.15, 0.2) is 0 Å². The third-order valence-electron chi connectivity index (χ3n) is 2.63. The number of anilines is 1. The average molecular weight is 268 g/mol. The summed E-state index contributed by atoms with van der Waals surface area (Å²) < 4.78 is 10.4. The number of nitrogens with two attached hydrogens (primary N) is 1. The van der Waals surface area contributed by atoms with Gasteiger partial charge in [0.25, 0.3) is 5.89 Å². The van der Waals surface area contributed by atoms with Crippen molar-refractivity contribution in [2.75, 3.05) is 12.8 Å². The molecule has 0 bridgehead atoms. The lowest BCUT2D eigenvalue weighted by atomic mass is 10.2. The zero-order valence-electron chi connectivity index (χ0n) is 10.2. The second-order valence-electron chi connectivity index (χ2n) is 3.83. The summed E-state index contributed by atoms with van der Waals surface area (Å²) >= 11 is 5.86. The molecule has 1 heterocycles. The first-order valence-electron chi connectivity index (χ1n) is 5.57. The van der Waals surface area contributed by atoms with Crippen LogP contribution in [-0.2, 0) is 4.74 Å². The summed E-state index contributed by atoms with van der Waals surface area (Å²) in [4.78, 5) is 4.29. The quantitative estimate of drug-likeness (QED) is 0.862. The fourth-order valence-corrected chi connectivity index (χ4v) is 1.73. The van der Waals surface area contributed by atoms with Crippen LogP contribution in [0.1, 0.15) is 25.3 Å². The first kappa shape index (κ1) is 12.9. The molecule has 0 aliphatic rings. The van der Waals surface area contributed by atoms with Crippen LogP contribution in [0.4, 0.5) is 5.69 Å². The Morgan fingerprint density at radius 1 is 1.50 bits per heavy atom. The van der Waals surface area contributed by atoms with Crippen LogP contribution < -0.4 is 5.73 Å². The van der Waals surface area contributed by atoms with Gasteiger partial charge in [-0.25, -0.2) is 0 Å². The molecule has 0 amide bonds. The Bertz CT molecular complexity index is 538. The molecule has 2 aromatic rings. The van der Waals surface area contributed by atoms with Crippen LogP contribution >= 0.6 is 11.6 Å². The smallest absolute Gasteiger partial charge is 0.258 e. The molecule has 1 atom stereocenters. The fraction of sp³-hybridized carbons (Fsp3) is 0.333. The standard InChI is InChI=1S/C12H14ClN3O2/c1-3-10(17-2)11-15-12(18-16-11)7-4-5-8(13)9(14)6-7/h4-6,10H,3,14H2,1-2H3. The molecule has 1 unspecified atom stereocenters. The first-order valence-corrected chi connectivity index (χ1v) is 5.95. The number of rotatable bonds is 4. The summed E-state index contributed by atoms with van der Waals surface area (Å²) in [5.74, 6) is 0.937. The number of nitrogens with zero attached hydrogens (tertiary/aromatic N) is 2. The summed E-state index contributed by atoms with van der Waals surface area (Å²) in [5, 5.41) is 4.40. The normalized spacial score (nSPS) is 12.6. The fourth-order valence-electron chi connectivity index (χ4n) is 1.61. The molecule has 0 spiro atoms. The van der Waals surface area contributed by atoms with Crippen LogP contribution in [0.2, 0.25) is 5.02 Å². The molecule has 0 saturated heterocycles. The zero-order chi connectivity index (χ0) is 13.1. The maximum Gasteiger partial charge on any atom is 0.258 e. The van der Waals surface area contributed by atoms with Gasteiger partial charge >= 0.3 is 0 Å². The van der Waals surface area contributed by atoms with Gasteiger partial charge in [0, 0.05) is 12.7 Å². The van der Waals surface area contributed by atoms with Crippen LogP contribution in [0.3, 0.4) is 0 Å². The highest BCUT2D eigenvalue weighted by Gasteiger charge is 2.17. The highest BCUT2D eigenvalue weighted by Crippen LogP contribution is 2.27. The van der Waals surface area contributed by atoms with Crippen molar-refractivity contribution in [1.82, 2.24) is 10.1 Å². The number of hydrogen-bond acceptors (Lipinski definition) is 5. The van der Waals surface area contributed by atoms with E-state index in [9.17, 15) is 0 Å². The van der Waals surface area contributed by atoms with Crippen LogP contribution in [0, 0.1) is 0 Å². The third-order valence-corrected chi connectivity index (χ3v) is 2.97. The molecule has 5 nitrogen and oxygen atoms in total. The highest BCUT2D eigenvalue weighted by molar-refractivity contribution is 6.33. The summed E-state index contributed by atoms with van der Waals surface area (Å²) in [6.07, 6.45) is 0.616. The van der Waals surface area contributed by atoms with Crippen LogP contribution in [-0.4, -0.2) is 17.3 Å². The van der Waals surface area contributed by atoms with Gasteiger partial charge in [-0.1, -0.05) is 23.7 Å². The van der Waals surface area contributed by atoms with Gasteiger partial charge in [-0.2, -0.15) is 4.98 Å². The van der Waals surface area contributed by atoms with E-state index in [0.717, 1.165) is 12.0 Å². The van der Waals surface area contributed by atoms with Crippen molar-refractivity contribution in [1.29, 1.82) is 0 Å². The lowest BCUT2D eigenvalue weighted by molar-refractivity contribution is 0.0903. The van der Waals surface area contributed by atoms with Crippen molar-refractivity contribution in [3.63, 3.8) is 0 Å². The SMILES string of the molecule is CCC(OC)c1noc(-c2ccc(Cl)c(N)c2)n1. The molecule has 1 aromatic heterocycles. The van der Waals surface area contributed by atoms with E-state index in [1.807, 2.05) is 6.92 Å². The van der Waals surface area contributed by atoms with Crippen LogP contribution in [0.15, 0.2) is 22.7 Å². The monoisotopic (exact) mass is 267 g/mol. The molecule has 18 heavy (non-hydrogen) atoms. The highest BCUT2D eigenvalue weighted by atomic mass is 35.5. The molecular weight excluding hydrogens is 254 g/mol. The van der Waals surface area contributed by atoms with Crippen molar-refractivity contribution in [2.45, 2.75) is 19.4 Å². The molecule has 2 rings (SSSR count). The Hall–Kier alpha value is -1.59. The first-order chi connectivity index (χ1) is 8.65. The topological polar surface area (TPSA) is 74.2 Å². The number of hydrogen-bond donors (Lipinski definition) is 1. The van der Waals surface area contributed by atoms with E-state index >= 15 is 0 Å². The predicted octanol–water partition coefficient (Wildman–Crippen LogP) is 3.07. The van der Waals surface area contributed by atoms with Gasteiger partial charge in [-0.3, -0.25) is 0 Å². The van der Waals surface area contributed by atoms with Crippen molar-refractivity contribution in [3.8, 4) is 11.5 Å².